The Kier molecular flexibility index (Phi) is 5.88. The number of ether oxygens (including phenoxy) is 1. The molecule has 0 fully saturated rings. The van der Waals surface area contributed by atoms with E-state index in [0.29, 0.717) is 5.56 Å². The van der Waals surface area contributed by atoms with Crippen LogP contribution >= 0.6 is 7.75 Å². The number of benzene rings is 1. The van der Waals surface area contributed by atoms with Gasteiger partial charge in [0.15, 0.2) is 5.71 Å². The first kappa shape index (κ1) is 16.4. The number of hydrazone groups is 1. The molecule has 7 nitrogen and oxygen atoms in total. The van der Waals surface area contributed by atoms with Crippen LogP contribution in [0, 0.1) is 6.92 Å². The van der Waals surface area contributed by atoms with Crippen molar-refractivity contribution in [3.8, 4) is 0 Å². The zero-order valence-corrected chi connectivity index (χ0v) is 12.6. The number of carbonyl (C=O) groups excluding carboxylic acids is 1. The van der Waals surface area contributed by atoms with Crippen molar-refractivity contribution in [2.75, 3.05) is 21.3 Å². The van der Waals surface area contributed by atoms with Gasteiger partial charge in [-0.05, 0) is 6.92 Å². The zero-order valence-electron chi connectivity index (χ0n) is 11.7. The fraction of sp³-hybridized carbons (Fsp3) is 0.333. The standard InChI is InChI=1S/C12H17N2O5P/c1-9-5-7-10(8-6-9)11(12(15)17-2)13-14-20(16,18-3)19-4/h5-8H,1-4H3,(H,14,16)/b13-11+. The second kappa shape index (κ2) is 7.19. The van der Waals surface area contributed by atoms with Gasteiger partial charge in [0.25, 0.3) is 0 Å². The average Bonchev–Trinajstić information content (AvgIpc) is 2.48. The summed E-state index contributed by atoms with van der Waals surface area (Å²) < 4.78 is 25.8. The largest absolute Gasteiger partial charge is 0.464 e. The Hall–Kier alpha value is -1.69. The van der Waals surface area contributed by atoms with E-state index in [2.05, 4.69) is 24.1 Å². The molecule has 1 N–H and O–H groups in total. The van der Waals surface area contributed by atoms with E-state index < -0.39 is 13.7 Å². The zero-order chi connectivity index (χ0) is 15.2. The fourth-order valence-corrected chi connectivity index (χ4v) is 1.84. The summed E-state index contributed by atoms with van der Waals surface area (Å²) in [5, 5.41) is 6.01. The third-order valence-electron chi connectivity index (χ3n) is 2.47. The molecule has 0 aromatic heterocycles. The van der Waals surface area contributed by atoms with Gasteiger partial charge in [0.1, 0.15) is 0 Å². The number of rotatable bonds is 6. The Morgan fingerprint density at radius 3 is 2.15 bits per heavy atom. The second-order valence-electron chi connectivity index (χ2n) is 3.78. The molecule has 1 rings (SSSR count). The van der Waals surface area contributed by atoms with Crippen molar-refractivity contribution in [1.29, 1.82) is 0 Å². The molecule has 0 saturated heterocycles. The van der Waals surface area contributed by atoms with E-state index in [1.807, 2.05) is 19.1 Å². The van der Waals surface area contributed by atoms with Gasteiger partial charge < -0.3 is 4.74 Å². The van der Waals surface area contributed by atoms with Crippen LogP contribution in [0.4, 0.5) is 0 Å². The van der Waals surface area contributed by atoms with Gasteiger partial charge in [0.05, 0.1) is 7.11 Å². The molecule has 0 aliphatic rings. The van der Waals surface area contributed by atoms with Crippen LogP contribution in [0.5, 0.6) is 0 Å². The number of esters is 1. The lowest BCUT2D eigenvalue weighted by molar-refractivity contribution is -0.132. The van der Waals surface area contributed by atoms with Crippen LogP contribution in [0.1, 0.15) is 11.1 Å². The third kappa shape index (κ3) is 4.16. The Bertz CT molecular complexity index is 533. The van der Waals surface area contributed by atoms with E-state index in [4.69, 9.17) is 0 Å². The Labute approximate surface area is 117 Å². The van der Waals surface area contributed by atoms with Crippen LogP contribution in [0.3, 0.4) is 0 Å². The average molecular weight is 300 g/mol. The van der Waals surface area contributed by atoms with Gasteiger partial charge in [-0.25, -0.2) is 14.6 Å². The quantitative estimate of drug-likeness (QED) is 0.373. The van der Waals surface area contributed by atoms with Gasteiger partial charge in [0, 0.05) is 19.8 Å². The van der Waals surface area contributed by atoms with Gasteiger partial charge in [-0.15, -0.1) is 0 Å². The number of nitrogens with one attached hydrogen (secondary N) is 1. The number of hydrogen-bond acceptors (Lipinski definition) is 6. The molecule has 1 aromatic rings. The maximum absolute atomic E-state index is 11.8. The minimum absolute atomic E-state index is 0.0261. The Morgan fingerprint density at radius 2 is 1.70 bits per heavy atom. The highest BCUT2D eigenvalue weighted by Gasteiger charge is 2.22. The molecular formula is C12H17N2O5P. The van der Waals surface area contributed by atoms with Crippen molar-refractivity contribution < 1.29 is 23.1 Å². The normalized spacial score (nSPS) is 12.1. The highest BCUT2D eigenvalue weighted by atomic mass is 31.2. The van der Waals surface area contributed by atoms with Gasteiger partial charge >= 0.3 is 13.7 Å². The molecule has 1 aromatic carbocycles. The summed E-state index contributed by atoms with van der Waals surface area (Å²) >= 11 is 0. The van der Waals surface area contributed by atoms with E-state index in [-0.39, 0.29) is 5.71 Å². The predicted octanol–water partition coefficient (Wildman–Crippen LogP) is 1.86. The number of nitrogens with zero attached hydrogens (tertiary/aromatic N) is 1. The molecule has 0 amide bonds. The lowest BCUT2D eigenvalue weighted by Gasteiger charge is -2.13. The minimum Gasteiger partial charge on any atom is -0.464 e. The summed E-state index contributed by atoms with van der Waals surface area (Å²) in [6, 6.07) is 7.05. The molecule has 0 aliphatic carbocycles. The molecule has 0 aliphatic heterocycles. The lowest BCUT2D eigenvalue weighted by atomic mass is 10.1. The molecule has 8 heteroatoms. The summed E-state index contributed by atoms with van der Waals surface area (Å²) in [6.07, 6.45) is 0. The highest BCUT2D eigenvalue weighted by molar-refractivity contribution is 7.51. The molecule has 20 heavy (non-hydrogen) atoms. The van der Waals surface area contributed by atoms with Crippen LogP contribution in [-0.2, 0) is 23.1 Å². The number of carbonyl (C=O) groups is 1. The van der Waals surface area contributed by atoms with Gasteiger partial charge in [-0.1, -0.05) is 29.8 Å². The first-order chi connectivity index (χ1) is 9.45. The summed E-state index contributed by atoms with van der Waals surface area (Å²) in [5.41, 5.74) is 1.53. The van der Waals surface area contributed by atoms with Crippen LogP contribution in [-0.4, -0.2) is 33.0 Å². The van der Waals surface area contributed by atoms with Crippen LogP contribution in [0.15, 0.2) is 29.4 Å². The van der Waals surface area contributed by atoms with Gasteiger partial charge in [-0.3, -0.25) is 9.05 Å². The molecule has 0 unspecified atom stereocenters. The summed E-state index contributed by atoms with van der Waals surface area (Å²) in [5.74, 6) is -0.667. The SMILES string of the molecule is COC(=O)/C(=N/NP(=O)(OC)OC)c1ccc(C)cc1. The number of methoxy groups -OCH3 is 1. The molecular weight excluding hydrogens is 283 g/mol. The van der Waals surface area contributed by atoms with Crippen molar-refractivity contribution in [3.63, 3.8) is 0 Å². The maximum Gasteiger partial charge on any atom is 0.447 e. The first-order valence-corrected chi connectivity index (χ1v) is 7.22. The van der Waals surface area contributed by atoms with E-state index in [1.165, 1.54) is 21.3 Å². The molecule has 0 radical (unpaired) electrons. The van der Waals surface area contributed by atoms with E-state index >= 15 is 0 Å². The molecule has 110 valence electrons. The van der Waals surface area contributed by atoms with Crippen LogP contribution in [0.25, 0.3) is 0 Å². The smallest absolute Gasteiger partial charge is 0.447 e. The van der Waals surface area contributed by atoms with E-state index in [9.17, 15) is 9.36 Å². The molecule has 0 bridgehead atoms. The number of hydrogen-bond donors (Lipinski definition) is 1. The first-order valence-electron chi connectivity index (χ1n) is 5.67. The lowest BCUT2D eigenvalue weighted by Crippen LogP contribution is -2.21. The van der Waals surface area contributed by atoms with E-state index in [0.717, 1.165) is 5.56 Å². The number of aryl methyl sites for hydroxylation is 1. The molecule has 0 spiro atoms. The minimum atomic E-state index is -3.56. The monoisotopic (exact) mass is 300 g/mol. The third-order valence-corrected chi connectivity index (χ3v) is 3.78. The summed E-state index contributed by atoms with van der Waals surface area (Å²) in [7, 11) is 0.0836. The van der Waals surface area contributed by atoms with Crippen molar-refractivity contribution in [3.05, 3.63) is 35.4 Å². The molecule has 0 saturated carbocycles. The van der Waals surface area contributed by atoms with Crippen molar-refractivity contribution in [2.24, 2.45) is 5.10 Å². The van der Waals surface area contributed by atoms with Crippen molar-refractivity contribution >= 4 is 19.4 Å². The van der Waals surface area contributed by atoms with Crippen LogP contribution < -0.4 is 5.20 Å². The van der Waals surface area contributed by atoms with Gasteiger partial charge in [0.2, 0.25) is 0 Å². The van der Waals surface area contributed by atoms with Crippen molar-refractivity contribution in [2.45, 2.75) is 6.92 Å². The van der Waals surface area contributed by atoms with Crippen molar-refractivity contribution in [1.82, 2.24) is 5.20 Å². The molecule has 0 atom stereocenters. The fourth-order valence-electron chi connectivity index (χ4n) is 1.30. The Balaban J connectivity index is 3.10. The summed E-state index contributed by atoms with van der Waals surface area (Å²) in [6.45, 7) is 1.92. The maximum atomic E-state index is 11.8. The predicted molar refractivity (Wildman–Crippen MR) is 74.5 cm³/mol. The van der Waals surface area contributed by atoms with E-state index in [1.54, 1.807) is 12.1 Å². The Morgan fingerprint density at radius 1 is 1.15 bits per heavy atom. The summed E-state index contributed by atoms with van der Waals surface area (Å²) in [4.78, 5) is 11.7. The van der Waals surface area contributed by atoms with Crippen LogP contribution in [0.2, 0.25) is 0 Å². The molecule has 0 heterocycles. The highest BCUT2D eigenvalue weighted by Crippen LogP contribution is 2.41. The topological polar surface area (TPSA) is 86.2 Å². The van der Waals surface area contributed by atoms with Gasteiger partial charge in [-0.2, -0.15) is 5.10 Å². The second-order valence-corrected chi connectivity index (χ2v) is 5.71.